The zero-order valence-electron chi connectivity index (χ0n) is 11.1. The Hall–Kier alpha value is -1.95. The van der Waals surface area contributed by atoms with Crippen LogP contribution >= 0.6 is 11.8 Å². The van der Waals surface area contributed by atoms with E-state index in [9.17, 15) is 9.18 Å². The van der Waals surface area contributed by atoms with Gasteiger partial charge in [0.15, 0.2) is 0 Å². The van der Waals surface area contributed by atoms with Gasteiger partial charge in [-0.2, -0.15) is 0 Å². The lowest BCUT2D eigenvalue weighted by Crippen LogP contribution is -2.07. The zero-order valence-corrected chi connectivity index (χ0v) is 11.9. The first kappa shape index (κ1) is 14.0. The van der Waals surface area contributed by atoms with Crippen LogP contribution in [0.2, 0.25) is 0 Å². The predicted molar refractivity (Wildman–Crippen MR) is 76.9 cm³/mol. The van der Waals surface area contributed by atoms with Gasteiger partial charge >= 0.3 is 5.97 Å². The molecule has 1 aromatic heterocycles. The van der Waals surface area contributed by atoms with E-state index in [1.165, 1.54) is 30.1 Å². The number of hydrogen-bond acceptors (Lipinski definition) is 4. The fraction of sp³-hybridized carbons (Fsp3) is 0.267. The lowest BCUT2D eigenvalue weighted by molar-refractivity contribution is 0.0694. The maximum atomic E-state index is 12.8. The lowest BCUT2D eigenvalue weighted by Gasteiger charge is -2.06. The van der Waals surface area contributed by atoms with Crippen LogP contribution in [0.25, 0.3) is 0 Å². The van der Waals surface area contributed by atoms with Crippen LogP contribution in [0.15, 0.2) is 35.4 Å². The molecule has 1 saturated carbocycles. The Balaban J connectivity index is 1.75. The molecule has 0 bridgehead atoms. The summed E-state index contributed by atoms with van der Waals surface area (Å²) in [5.74, 6) is 0.155. The molecule has 1 aliphatic carbocycles. The minimum Gasteiger partial charge on any atom is -0.478 e. The smallest absolute Gasteiger partial charge is 0.339 e. The molecular formula is C15H13FN2O2S. The summed E-state index contributed by atoms with van der Waals surface area (Å²) in [7, 11) is 0. The molecule has 0 radical (unpaired) electrons. The van der Waals surface area contributed by atoms with Gasteiger partial charge in [0.05, 0.1) is 17.0 Å². The first-order valence-electron chi connectivity index (χ1n) is 6.61. The third kappa shape index (κ3) is 3.39. The summed E-state index contributed by atoms with van der Waals surface area (Å²) in [6, 6.07) is 6.22. The molecule has 1 heterocycles. The molecule has 4 nitrogen and oxygen atoms in total. The van der Waals surface area contributed by atoms with Crippen LogP contribution in [-0.4, -0.2) is 21.0 Å². The Morgan fingerprint density at radius 1 is 1.33 bits per heavy atom. The number of carboxylic acids is 1. The largest absolute Gasteiger partial charge is 0.478 e. The zero-order chi connectivity index (χ0) is 14.8. The molecule has 0 spiro atoms. The van der Waals surface area contributed by atoms with Crippen LogP contribution in [0.3, 0.4) is 0 Å². The number of carbonyl (C=O) groups is 1. The number of rotatable bonds is 5. The Morgan fingerprint density at radius 2 is 2.05 bits per heavy atom. The van der Waals surface area contributed by atoms with E-state index in [0.717, 1.165) is 17.7 Å². The van der Waals surface area contributed by atoms with Gasteiger partial charge in [0.25, 0.3) is 0 Å². The number of nitrogens with zero attached hydrogens (tertiary/aromatic N) is 2. The van der Waals surface area contributed by atoms with Crippen molar-refractivity contribution in [3.63, 3.8) is 0 Å². The first-order chi connectivity index (χ1) is 10.1. The highest BCUT2D eigenvalue weighted by molar-refractivity contribution is 7.98. The molecule has 1 fully saturated rings. The number of aromatic carboxylic acids is 1. The summed E-state index contributed by atoms with van der Waals surface area (Å²) >= 11 is 1.50. The van der Waals surface area contributed by atoms with E-state index in [4.69, 9.17) is 5.11 Å². The van der Waals surface area contributed by atoms with Gasteiger partial charge in [-0.3, -0.25) is 0 Å². The van der Waals surface area contributed by atoms with E-state index < -0.39 is 5.97 Å². The molecule has 0 unspecified atom stereocenters. The van der Waals surface area contributed by atoms with Gasteiger partial charge in [0.2, 0.25) is 0 Å². The van der Waals surface area contributed by atoms with Crippen LogP contribution in [-0.2, 0) is 5.75 Å². The van der Waals surface area contributed by atoms with Gasteiger partial charge in [0, 0.05) is 17.0 Å². The normalized spacial score (nSPS) is 14.1. The molecule has 3 rings (SSSR count). The quantitative estimate of drug-likeness (QED) is 0.857. The Bertz CT molecular complexity index is 672. The van der Waals surface area contributed by atoms with E-state index in [2.05, 4.69) is 9.97 Å². The number of benzene rings is 1. The number of aromatic nitrogens is 2. The molecule has 21 heavy (non-hydrogen) atoms. The van der Waals surface area contributed by atoms with Crippen LogP contribution in [0, 0.1) is 5.82 Å². The summed E-state index contributed by atoms with van der Waals surface area (Å²) < 4.78 is 12.8. The van der Waals surface area contributed by atoms with Crippen LogP contribution in [0.4, 0.5) is 4.39 Å². The third-order valence-electron chi connectivity index (χ3n) is 3.24. The highest BCUT2D eigenvalue weighted by Crippen LogP contribution is 2.40. The van der Waals surface area contributed by atoms with Crippen molar-refractivity contribution in [3.8, 4) is 0 Å². The molecule has 1 aromatic carbocycles. The van der Waals surface area contributed by atoms with Crippen molar-refractivity contribution in [2.75, 3.05) is 0 Å². The highest BCUT2D eigenvalue weighted by Gasteiger charge is 2.30. The molecule has 0 atom stereocenters. The second-order valence-electron chi connectivity index (χ2n) is 4.91. The van der Waals surface area contributed by atoms with Gasteiger partial charge in [-0.15, -0.1) is 11.8 Å². The van der Waals surface area contributed by atoms with Gasteiger partial charge in [-0.25, -0.2) is 19.2 Å². The molecule has 2 aromatic rings. The van der Waals surface area contributed by atoms with Crippen molar-refractivity contribution in [2.24, 2.45) is 0 Å². The van der Waals surface area contributed by atoms with Gasteiger partial charge < -0.3 is 5.11 Å². The van der Waals surface area contributed by atoms with Crippen LogP contribution in [0.5, 0.6) is 0 Å². The summed E-state index contributed by atoms with van der Waals surface area (Å²) in [6.07, 6.45) is 3.37. The number of carboxylic acid groups (broad SMARTS) is 1. The molecule has 108 valence electrons. The van der Waals surface area contributed by atoms with E-state index in [0.29, 0.717) is 17.3 Å². The highest BCUT2D eigenvalue weighted by atomic mass is 32.2. The van der Waals surface area contributed by atoms with E-state index in [1.54, 1.807) is 12.1 Å². The fourth-order valence-corrected chi connectivity index (χ4v) is 2.78. The number of thioether (sulfide) groups is 1. The third-order valence-corrected chi connectivity index (χ3v) is 4.25. The topological polar surface area (TPSA) is 63.1 Å². The van der Waals surface area contributed by atoms with Crippen molar-refractivity contribution in [1.82, 2.24) is 9.97 Å². The SMILES string of the molecule is O=C(O)c1cnc(CSc2ccc(F)cc2)nc1C1CC1. The van der Waals surface area contributed by atoms with Crippen molar-refractivity contribution in [2.45, 2.75) is 29.4 Å². The maximum absolute atomic E-state index is 12.8. The first-order valence-corrected chi connectivity index (χ1v) is 7.59. The maximum Gasteiger partial charge on any atom is 0.339 e. The van der Waals surface area contributed by atoms with E-state index in [1.807, 2.05) is 0 Å². The van der Waals surface area contributed by atoms with Gasteiger partial charge in [0.1, 0.15) is 11.6 Å². The fourth-order valence-electron chi connectivity index (χ4n) is 2.01. The molecule has 1 aliphatic rings. The lowest BCUT2D eigenvalue weighted by atomic mass is 10.1. The minimum atomic E-state index is -0.977. The van der Waals surface area contributed by atoms with Gasteiger partial charge in [-0.1, -0.05) is 0 Å². The van der Waals surface area contributed by atoms with Gasteiger partial charge in [-0.05, 0) is 37.1 Å². The molecular weight excluding hydrogens is 291 g/mol. The molecule has 1 N–H and O–H groups in total. The van der Waals surface area contributed by atoms with Crippen molar-refractivity contribution >= 4 is 17.7 Å². The monoisotopic (exact) mass is 304 g/mol. The summed E-state index contributed by atoms with van der Waals surface area (Å²) in [6.45, 7) is 0. The van der Waals surface area contributed by atoms with E-state index in [-0.39, 0.29) is 17.3 Å². The van der Waals surface area contributed by atoms with Crippen molar-refractivity contribution < 1.29 is 14.3 Å². The summed E-state index contributed by atoms with van der Waals surface area (Å²) in [4.78, 5) is 20.6. The number of halogens is 1. The standard InChI is InChI=1S/C15H13FN2O2S/c16-10-3-5-11(6-4-10)21-8-13-17-7-12(15(19)20)14(18-13)9-1-2-9/h3-7,9H,1-2,8H2,(H,19,20). The van der Waals surface area contributed by atoms with Crippen LogP contribution < -0.4 is 0 Å². The molecule has 6 heteroatoms. The predicted octanol–water partition coefficient (Wildman–Crippen LogP) is 3.48. The molecule has 0 amide bonds. The second-order valence-corrected chi connectivity index (χ2v) is 5.96. The van der Waals surface area contributed by atoms with Crippen molar-refractivity contribution in [1.29, 1.82) is 0 Å². The molecule has 0 saturated heterocycles. The minimum absolute atomic E-state index is 0.202. The average Bonchev–Trinajstić information content (AvgIpc) is 3.31. The molecule has 0 aliphatic heterocycles. The van der Waals surface area contributed by atoms with E-state index >= 15 is 0 Å². The average molecular weight is 304 g/mol. The summed E-state index contributed by atoms with van der Waals surface area (Å²) in [5, 5.41) is 9.15. The number of hydrogen-bond donors (Lipinski definition) is 1. The summed E-state index contributed by atoms with van der Waals surface area (Å²) in [5.41, 5.74) is 0.847. The van der Waals surface area contributed by atoms with Crippen molar-refractivity contribution in [3.05, 3.63) is 53.4 Å². The Morgan fingerprint density at radius 3 is 2.67 bits per heavy atom. The van der Waals surface area contributed by atoms with Crippen LogP contribution in [0.1, 0.15) is 40.6 Å². The Labute approximate surface area is 125 Å². The Kier molecular flexibility index (Phi) is 3.88. The second kappa shape index (κ2) is 5.81.